The predicted octanol–water partition coefficient (Wildman–Crippen LogP) is 1.85. The number of carbonyl (C=O) groups excluding carboxylic acids is 1. The van der Waals surface area contributed by atoms with Crippen LogP contribution in [0.3, 0.4) is 0 Å². The second kappa shape index (κ2) is 6.36. The van der Waals surface area contributed by atoms with Crippen molar-refractivity contribution in [2.45, 2.75) is 45.2 Å². The molecule has 4 nitrogen and oxygen atoms in total. The summed E-state index contributed by atoms with van der Waals surface area (Å²) < 4.78 is 1.41. The first-order chi connectivity index (χ1) is 9.16. The Hall–Kier alpha value is -1.84. The Bertz CT molecular complexity index is 531. The highest BCUT2D eigenvalue weighted by Gasteiger charge is 2.14. The Labute approximate surface area is 113 Å². The lowest BCUT2D eigenvalue weighted by molar-refractivity contribution is -0.122. The molecule has 1 aromatic rings. The summed E-state index contributed by atoms with van der Waals surface area (Å²) in [5.74, 6) is -0.118. The molecule has 0 saturated heterocycles. The van der Waals surface area contributed by atoms with Crippen molar-refractivity contribution in [2.24, 2.45) is 0 Å². The van der Waals surface area contributed by atoms with Crippen molar-refractivity contribution in [1.29, 1.82) is 0 Å². The van der Waals surface area contributed by atoms with Gasteiger partial charge in [-0.2, -0.15) is 0 Å². The van der Waals surface area contributed by atoms with Crippen molar-refractivity contribution in [3.8, 4) is 0 Å². The van der Waals surface area contributed by atoms with Crippen LogP contribution in [0.5, 0.6) is 0 Å². The largest absolute Gasteiger partial charge is 0.348 e. The summed E-state index contributed by atoms with van der Waals surface area (Å²) in [6.45, 7) is 2.08. The van der Waals surface area contributed by atoms with E-state index in [9.17, 15) is 9.59 Å². The summed E-state index contributed by atoms with van der Waals surface area (Å²) in [6.07, 6.45) is 8.46. The maximum atomic E-state index is 11.9. The van der Waals surface area contributed by atoms with Crippen molar-refractivity contribution in [3.05, 3.63) is 46.4 Å². The molecule has 102 valence electrons. The Morgan fingerprint density at radius 2 is 2.26 bits per heavy atom. The van der Waals surface area contributed by atoms with Crippen molar-refractivity contribution in [2.75, 3.05) is 0 Å². The number of hydrogen-bond acceptors (Lipinski definition) is 2. The highest BCUT2D eigenvalue weighted by Crippen LogP contribution is 2.19. The molecule has 2 rings (SSSR count). The van der Waals surface area contributed by atoms with E-state index >= 15 is 0 Å². The van der Waals surface area contributed by atoms with Gasteiger partial charge < -0.3 is 9.88 Å². The molecule has 0 spiro atoms. The molecule has 1 aliphatic carbocycles. The zero-order valence-electron chi connectivity index (χ0n) is 11.3. The number of carbonyl (C=O) groups is 1. The third-order valence-electron chi connectivity index (χ3n) is 3.47. The van der Waals surface area contributed by atoms with Gasteiger partial charge in [0, 0.05) is 18.3 Å². The molecule has 1 atom stereocenters. The van der Waals surface area contributed by atoms with E-state index in [1.54, 1.807) is 18.3 Å². The van der Waals surface area contributed by atoms with Gasteiger partial charge in [0.15, 0.2) is 0 Å². The van der Waals surface area contributed by atoms with Crippen molar-refractivity contribution < 1.29 is 4.79 Å². The lowest BCUT2D eigenvalue weighted by Crippen LogP contribution is -2.38. The minimum Gasteiger partial charge on any atom is -0.348 e. The number of pyridine rings is 1. The summed E-state index contributed by atoms with van der Waals surface area (Å²) >= 11 is 0. The van der Waals surface area contributed by atoms with E-state index in [-0.39, 0.29) is 24.1 Å². The molecule has 0 saturated carbocycles. The van der Waals surface area contributed by atoms with Crippen LogP contribution in [0.4, 0.5) is 0 Å². The molecular weight excluding hydrogens is 240 g/mol. The number of aromatic nitrogens is 1. The number of hydrogen-bond donors (Lipinski definition) is 1. The molecule has 19 heavy (non-hydrogen) atoms. The van der Waals surface area contributed by atoms with Gasteiger partial charge >= 0.3 is 0 Å². The zero-order valence-corrected chi connectivity index (χ0v) is 11.3. The maximum Gasteiger partial charge on any atom is 0.250 e. The number of allylic oxidation sites excluding steroid dienone is 1. The number of amides is 1. The molecule has 4 heteroatoms. The van der Waals surface area contributed by atoms with Crippen LogP contribution >= 0.6 is 0 Å². The van der Waals surface area contributed by atoms with E-state index in [2.05, 4.69) is 11.4 Å². The first kappa shape index (κ1) is 13.6. The quantitative estimate of drug-likeness (QED) is 0.840. The van der Waals surface area contributed by atoms with E-state index in [0.29, 0.717) is 0 Å². The maximum absolute atomic E-state index is 11.9. The molecule has 1 unspecified atom stereocenters. The molecular formula is C15H20N2O2. The minimum atomic E-state index is -0.151. The van der Waals surface area contributed by atoms with E-state index in [1.165, 1.54) is 29.0 Å². The molecule has 0 bridgehead atoms. The summed E-state index contributed by atoms with van der Waals surface area (Å²) in [5, 5.41) is 2.96. The fourth-order valence-electron chi connectivity index (χ4n) is 2.38. The fourth-order valence-corrected chi connectivity index (χ4v) is 2.38. The lowest BCUT2D eigenvalue weighted by Gasteiger charge is -2.21. The topological polar surface area (TPSA) is 51.1 Å². The predicted molar refractivity (Wildman–Crippen MR) is 74.9 cm³/mol. The smallest absolute Gasteiger partial charge is 0.250 e. The average molecular weight is 260 g/mol. The Morgan fingerprint density at radius 1 is 1.42 bits per heavy atom. The van der Waals surface area contributed by atoms with Crippen molar-refractivity contribution >= 4 is 5.91 Å². The van der Waals surface area contributed by atoms with Gasteiger partial charge in [-0.25, -0.2) is 0 Å². The van der Waals surface area contributed by atoms with Gasteiger partial charge in [0.05, 0.1) is 0 Å². The van der Waals surface area contributed by atoms with E-state index in [0.717, 1.165) is 12.8 Å². The molecule has 1 aromatic heterocycles. The van der Waals surface area contributed by atoms with E-state index < -0.39 is 0 Å². The van der Waals surface area contributed by atoms with Gasteiger partial charge in [0.25, 0.3) is 5.56 Å². The number of nitrogens with one attached hydrogen (secondary N) is 1. The van der Waals surface area contributed by atoms with Crippen LogP contribution in [0.25, 0.3) is 0 Å². The zero-order chi connectivity index (χ0) is 13.7. The molecule has 0 radical (unpaired) electrons. The molecule has 1 amide bonds. The van der Waals surface area contributed by atoms with Crippen LogP contribution in [0.1, 0.15) is 32.6 Å². The molecule has 0 aliphatic heterocycles. The van der Waals surface area contributed by atoms with Crippen LogP contribution in [0, 0.1) is 0 Å². The molecule has 1 aliphatic rings. The van der Waals surface area contributed by atoms with Gasteiger partial charge in [-0.3, -0.25) is 9.59 Å². The molecule has 1 heterocycles. The average Bonchev–Trinajstić information content (AvgIpc) is 2.42. The first-order valence-corrected chi connectivity index (χ1v) is 6.80. The number of nitrogens with zero attached hydrogens (tertiary/aromatic N) is 1. The van der Waals surface area contributed by atoms with Gasteiger partial charge in [0.2, 0.25) is 5.91 Å². The standard InChI is InChI=1S/C15H20N2O2/c1-12(13-7-3-2-4-8-13)16-14(18)11-17-10-6-5-9-15(17)19/h5-7,9-10,12H,2-4,8,11H2,1H3,(H,16,18). The highest BCUT2D eigenvalue weighted by atomic mass is 16.2. The third-order valence-corrected chi connectivity index (χ3v) is 3.47. The fraction of sp³-hybridized carbons (Fsp3) is 0.467. The van der Waals surface area contributed by atoms with Gasteiger partial charge in [-0.15, -0.1) is 0 Å². The summed E-state index contributed by atoms with van der Waals surface area (Å²) in [7, 11) is 0. The van der Waals surface area contributed by atoms with E-state index in [1.807, 2.05) is 6.92 Å². The molecule has 0 aromatic carbocycles. The van der Waals surface area contributed by atoms with E-state index in [4.69, 9.17) is 0 Å². The Kier molecular flexibility index (Phi) is 4.55. The second-order valence-corrected chi connectivity index (χ2v) is 4.98. The van der Waals surface area contributed by atoms with Crippen LogP contribution in [-0.2, 0) is 11.3 Å². The van der Waals surface area contributed by atoms with Crippen LogP contribution in [0.15, 0.2) is 40.8 Å². The van der Waals surface area contributed by atoms with Crippen molar-refractivity contribution in [1.82, 2.24) is 9.88 Å². The van der Waals surface area contributed by atoms with Crippen molar-refractivity contribution in [3.63, 3.8) is 0 Å². The minimum absolute atomic E-state index is 0.0622. The van der Waals surface area contributed by atoms with Crippen LogP contribution in [-0.4, -0.2) is 16.5 Å². The SMILES string of the molecule is CC(NC(=O)Cn1ccccc1=O)C1=CCCCC1. The summed E-state index contributed by atoms with van der Waals surface area (Å²) in [6, 6.07) is 4.95. The summed E-state index contributed by atoms with van der Waals surface area (Å²) in [4.78, 5) is 23.4. The Morgan fingerprint density at radius 3 is 2.95 bits per heavy atom. The Balaban J connectivity index is 1.92. The monoisotopic (exact) mass is 260 g/mol. The van der Waals surface area contributed by atoms with Crippen LogP contribution < -0.4 is 10.9 Å². The van der Waals surface area contributed by atoms with Gasteiger partial charge in [-0.05, 0) is 38.7 Å². The molecule has 0 fully saturated rings. The normalized spacial score (nSPS) is 16.6. The number of rotatable bonds is 4. The van der Waals surface area contributed by atoms with Crippen LogP contribution in [0.2, 0.25) is 0 Å². The third kappa shape index (κ3) is 3.81. The van der Waals surface area contributed by atoms with Gasteiger partial charge in [0.1, 0.15) is 6.54 Å². The van der Waals surface area contributed by atoms with Gasteiger partial charge in [-0.1, -0.05) is 17.7 Å². The lowest BCUT2D eigenvalue weighted by atomic mass is 9.95. The molecule has 1 N–H and O–H groups in total. The highest BCUT2D eigenvalue weighted by molar-refractivity contribution is 5.76. The summed E-state index contributed by atoms with van der Waals surface area (Å²) in [5.41, 5.74) is 1.15. The first-order valence-electron chi connectivity index (χ1n) is 6.80. The second-order valence-electron chi connectivity index (χ2n) is 4.98.